The van der Waals surface area contributed by atoms with Crippen molar-refractivity contribution in [3.05, 3.63) is 52.1 Å². The van der Waals surface area contributed by atoms with E-state index in [2.05, 4.69) is 10.2 Å². The Balaban J connectivity index is 1.45. The van der Waals surface area contributed by atoms with Crippen LogP contribution in [-0.2, 0) is 24.1 Å². The van der Waals surface area contributed by atoms with Gasteiger partial charge in [0.1, 0.15) is 5.82 Å². The molecular weight excluding hydrogens is 329 g/mol. The first-order valence-corrected chi connectivity index (χ1v) is 8.75. The number of aryl methyl sites for hydroxylation is 1. The second-order valence-electron chi connectivity index (χ2n) is 6.71. The van der Waals surface area contributed by atoms with Crippen molar-refractivity contribution in [2.24, 2.45) is 5.92 Å². The third-order valence-corrected chi connectivity index (χ3v) is 5.60. The van der Waals surface area contributed by atoms with Gasteiger partial charge in [0, 0.05) is 29.7 Å². The lowest BCUT2D eigenvalue weighted by Gasteiger charge is -2.31. The molecule has 1 fully saturated rings. The fourth-order valence-corrected chi connectivity index (χ4v) is 4.17. The number of likely N-dealkylation sites (tertiary alicyclic amines) is 1. The van der Waals surface area contributed by atoms with Crippen LogP contribution in [0.25, 0.3) is 0 Å². The quantitative estimate of drug-likeness (QED) is 0.927. The number of nitrogens with one attached hydrogen (secondary N) is 1. The van der Waals surface area contributed by atoms with Crippen molar-refractivity contribution in [1.29, 1.82) is 0 Å². The van der Waals surface area contributed by atoms with Crippen LogP contribution in [-0.4, -0.2) is 33.6 Å². The highest BCUT2D eigenvalue weighted by molar-refractivity contribution is 6.31. The average Bonchev–Trinajstić information content (AvgIpc) is 3.16. The summed E-state index contributed by atoms with van der Waals surface area (Å²) in [6.45, 7) is 0.792. The predicted octanol–water partition coefficient (Wildman–Crippen LogP) is 3.15. The number of rotatable bonds is 3. The minimum atomic E-state index is -0.346. The largest absolute Gasteiger partial charge is 0.339 e. The van der Waals surface area contributed by atoms with Gasteiger partial charge in [-0.05, 0) is 55.4 Å². The maximum atomic E-state index is 13.2. The van der Waals surface area contributed by atoms with Crippen molar-refractivity contribution in [2.75, 3.05) is 6.54 Å². The third-order valence-electron chi connectivity index (χ3n) is 5.25. The van der Waals surface area contributed by atoms with E-state index in [0.717, 1.165) is 43.5 Å². The summed E-state index contributed by atoms with van der Waals surface area (Å²) >= 11 is 6.11. The lowest BCUT2D eigenvalue weighted by molar-refractivity contribution is -0.133. The van der Waals surface area contributed by atoms with Gasteiger partial charge in [0.15, 0.2) is 0 Å². The van der Waals surface area contributed by atoms with Gasteiger partial charge < -0.3 is 4.90 Å². The van der Waals surface area contributed by atoms with Gasteiger partial charge in [-0.15, -0.1) is 0 Å². The van der Waals surface area contributed by atoms with Gasteiger partial charge in [-0.25, -0.2) is 4.39 Å². The number of carbonyl (C=O) groups excluding carboxylic acids is 1. The monoisotopic (exact) mass is 347 g/mol. The molecule has 0 saturated carbocycles. The molecule has 126 valence electrons. The van der Waals surface area contributed by atoms with E-state index >= 15 is 0 Å². The number of aromatic nitrogens is 2. The smallest absolute Gasteiger partial charge is 0.226 e. The topological polar surface area (TPSA) is 49.0 Å². The summed E-state index contributed by atoms with van der Waals surface area (Å²) in [5.41, 5.74) is 3.20. The molecular formula is C18H19ClFN3O. The van der Waals surface area contributed by atoms with Crippen LogP contribution in [0.2, 0.25) is 5.02 Å². The minimum absolute atomic E-state index is 0.0568. The van der Waals surface area contributed by atoms with Gasteiger partial charge in [-0.2, -0.15) is 5.10 Å². The molecule has 4 rings (SSSR count). The summed E-state index contributed by atoms with van der Waals surface area (Å²) in [6.07, 6.45) is 6.12. The Morgan fingerprint density at radius 3 is 3.08 bits per heavy atom. The number of H-pyrrole nitrogens is 1. The van der Waals surface area contributed by atoms with Crippen LogP contribution in [0.1, 0.15) is 29.7 Å². The maximum Gasteiger partial charge on any atom is 0.226 e. The van der Waals surface area contributed by atoms with Crippen LogP contribution in [0.4, 0.5) is 4.39 Å². The van der Waals surface area contributed by atoms with Crippen molar-refractivity contribution < 1.29 is 9.18 Å². The van der Waals surface area contributed by atoms with Crippen molar-refractivity contribution in [2.45, 2.75) is 38.1 Å². The summed E-state index contributed by atoms with van der Waals surface area (Å²) in [5, 5.41) is 7.57. The number of halogens is 2. The molecule has 1 N–H and O–H groups in total. The molecule has 2 atom stereocenters. The van der Waals surface area contributed by atoms with E-state index in [-0.39, 0.29) is 23.7 Å². The van der Waals surface area contributed by atoms with E-state index in [1.807, 2.05) is 11.1 Å². The Labute approximate surface area is 145 Å². The molecule has 0 bridgehead atoms. The first-order valence-electron chi connectivity index (χ1n) is 8.38. The zero-order valence-corrected chi connectivity index (χ0v) is 14.0. The number of aromatic amines is 1. The highest BCUT2D eigenvalue weighted by Crippen LogP contribution is 2.31. The summed E-state index contributed by atoms with van der Waals surface area (Å²) < 4.78 is 13.2. The fourth-order valence-electron chi connectivity index (χ4n) is 3.93. The number of benzene rings is 1. The van der Waals surface area contributed by atoms with E-state index in [1.54, 1.807) is 6.07 Å². The Morgan fingerprint density at radius 2 is 2.25 bits per heavy atom. The molecule has 2 heterocycles. The van der Waals surface area contributed by atoms with Crippen molar-refractivity contribution in [1.82, 2.24) is 15.1 Å². The SMILES string of the molecule is O=C1C(Cc2ccc(F)cc2Cl)CCN1C1CCc2n[nH]cc2C1. The van der Waals surface area contributed by atoms with Gasteiger partial charge in [0.2, 0.25) is 5.91 Å². The van der Waals surface area contributed by atoms with Crippen molar-refractivity contribution in [3.63, 3.8) is 0 Å². The van der Waals surface area contributed by atoms with E-state index in [4.69, 9.17) is 11.6 Å². The van der Waals surface area contributed by atoms with Crippen molar-refractivity contribution >= 4 is 17.5 Å². The molecule has 1 aromatic heterocycles. The van der Waals surface area contributed by atoms with Crippen LogP contribution in [0.5, 0.6) is 0 Å². The van der Waals surface area contributed by atoms with Gasteiger partial charge >= 0.3 is 0 Å². The Kier molecular flexibility index (Phi) is 4.04. The first kappa shape index (κ1) is 15.6. The summed E-state index contributed by atoms with van der Waals surface area (Å²) in [5.74, 6) is -0.202. The first-order chi connectivity index (χ1) is 11.6. The number of fused-ring (bicyclic) bond motifs is 1. The van der Waals surface area contributed by atoms with Crippen LogP contribution < -0.4 is 0 Å². The predicted molar refractivity (Wildman–Crippen MR) is 89.3 cm³/mol. The van der Waals surface area contributed by atoms with E-state index in [9.17, 15) is 9.18 Å². The number of hydrogen-bond donors (Lipinski definition) is 1. The Bertz CT molecular complexity index is 775. The molecule has 1 aliphatic heterocycles. The standard InChI is InChI=1S/C18H19ClFN3O/c19-16-9-14(20)2-1-11(16)7-12-5-6-23(18(12)24)15-3-4-17-13(8-15)10-21-22-17/h1-2,9-10,12,15H,3-8H2,(H,21,22). The molecule has 1 aromatic carbocycles. The molecule has 1 aliphatic carbocycles. The average molecular weight is 348 g/mol. The lowest BCUT2D eigenvalue weighted by Crippen LogP contribution is -2.41. The van der Waals surface area contributed by atoms with Gasteiger partial charge in [0.25, 0.3) is 0 Å². The Morgan fingerprint density at radius 1 is 1.38 bits per heavy atom. The summed E-state index contributed by atoms with van der Waals surface area (Å²) in [6, 6.07) is 4.66. The summed E-state index contributed by atoms with van der Waals surface area (Å²) in [7, 11) is 0. The molecule has 1 saturated heterocycles. The van der Waals surface area contributed by atoms with Gasteiger partial charge in [-0.1, -0.05) is 17.7 Å². The number of carbonyl (C=O) groups is 1. The molecule has 1 amide bonds. The second kappa shape index (κ2) is 6.20. The minimum Gasteiger partial charge on any atom is -0.339 e. The molecule has 0 radical (unpaired) electrons. The van der Waals surface area contributed by atoms with Gasteiger partial charge in [0.05, 0.1) is 5.69 Å². The van der Waals surface area contributed by atoms with Crippen LogP contribution >= 0.6 is 11.6 Å². The third kappa shape index (κ3) is 2.81. The van der Waals surface area contributed by atoms with Crippen LogP contribution in [0.15, 0.2) is 24.4 Å². The number of amides is 1. The molecule has 2 unspecified atom stereocenters. The van der Waals surface area contributed by atoms with E-state index in [0.29, 0.717) is 11.4 Å². The van der Waals surface area contributed by atoms with E-state index in [1.165, 1.54) is 17.7 Å². The molecule has 0 spiro atoms. The highest BCUT2D eigenvalue weighted by atomic mass is 35.5. The van der Waals surface area contributed by atoms with Crippen LogP contribution in [0.3, 0.4) is 0 Å². The molecule has 24 heavy (non-hydrogen) atoms. The molecule has 4 nitrogen and oxygen atoms in total. The molecule has 6 heteroatoms. The summed E-state index contributed by atoms with van der Waals surface area (Å²) in [4.78, 5) is 14.8. The van der Waals surface area contributed by atoms with E-state index < -0.39 is 0 Å². The normalized spacial score (nSPS) is 23.6. The van der Waals surface area contributed by atoms with Crippen molar-refractivity contribution in [3.8, 4) is 0 Å². The Hall–Kier alpha value is -1.88. The lowest BCUT2D eigenvalue weighted by atomic mass is 9.92. The fraction of sp³-hybridized carbons (Fsp3) is 0.444. The zero-order valence-electron chi connectivity index (χ0n) is 13.3. The zero-order chi connectivity index (χ0) is 16.7. The molecule has 2 aromatic rings. The molecule has 2 aliphatic rings. The number of hydrogen-bond acceptors (Lipinski definition) is 2. The number of nitrogens with zero attached hydrogens (tertiary/aromatic N) is 2. The second-order valence-corrected chi connectivity index (χ2v) is 7.12. The highest BCUT2D eigenvalue weighted by Gasteiger charge is 2.37. The maximum absolute atomic E-state index is 13.2. The van der Waals surface area contributed by atoms with Gasteiger partial charge in [-0.3, -0.25) is 9.89 Å². The van der Waals surface area contributed by atoms with Crippen LogP contribution in [0, 0.1) is 11.7 Å².